The van der Waals surface area contributed by atoms with Crippen molar-refractivity contribution in [2.75, 3.05) is 0 Å². The largest absolute Gasteiger partial charge is 0.206 e. The molecule has 0 aliphatic carbocycles. The van der Waals surface area contributed by atoms with Crippen LogP contribution in [0.2, 0.25) is 0 Å². The lowest BCUT2D eigenvalue weighted by molar-refractivity contribution is 0.631. The molecule has 0 spiro atoms. The summed E-state index contributed by atoms with van der Waals surface area (Å²) < 4.78 is 14.4. The molecule has 4 aromatic rings. The Labute approximate surface area is 147 Å². The third-order valence-electron chi connectivity index (χ3n) is 4.39. The number of rotatable bonds is 3. The van der Waals surface area contributed by atoms with Gasteiger partial charge in [-0.1, -0.05) is 97.1 Å². The molecule has 0 saturated carbocycles. The van der Waals surface area contributed by atoms with E-state index in [9.17, 15) is 4.39 Å². The summed E-state index contributed by atoms with van der Waals surface area (Å²) in [5.41, 5.74) is 5.97. The Morgan fingerprint density at radius 3 is 1.36 bits per heavy atom. The first kappa shape index (κ1) is 15.3. The van der Waals surface area contributed by atoms with E-state index in [-0.39, 0.29) is 5.82 Å². The van der Waals surface area contributed by atoms with Crippen LogP contribution in [0.5, 0.6) is 0 Å². The minimum Gasteiger partial charge on any atom is -0.206 e. The third-order valence-corrected chi connectivity index (χ3v) is 4.39. The van der Waals surface area contributed by atoms with Crippen molar-refractivity contribution in [3.8, 4) is 33.4 Å². The smallest absolute Gasteiger partial charge is 0.131 e. The Morgan fingerprint density at radius 1 is 0.360 bits per heavy atom. The van der Waals surface area contributed by atoms with Gasteiger partial charge in [-0.2, -0.15) is 0 Å². The topological polar surface area (TPSA) is 0 Å². The molecule has 0 atom stereocenters. The van der Waals surface area contributed by atoms with Gasteiger partial charge in [0.15, 0.2) is 0 Å². The van der Waals surface area contributed by atoms with Gasteiger partial charge in [0.05, 0.1) is 0 Å². The second-order valence-electron chi connectivity index (χ2n) is 5.94. The van der Waals surface area contributed by atoms with E-state index in [0.29, 0.717) is 5.56 Å². The minimum atomic E-state index is -0.202. The fourth-order valence-corrected chi connectivity index (χ4v) is 3.22. The molecule has 0 heterocycles. The van der Waals surface area contributed by atoms with Gasteiger partial charge < -0.3 is 0 Å². The Hall–Kier alpha value is -3.19. The van der Waals surface area contributed by atoms with Crippen molar-refractivity contribution < 1.29 is 4.39 Å². The van der Waals surface area contributed by atoms with Crippen molar-refractivity contribution in [2.24, 2.45) is 0 Å². The Kier molecular flexibility index (Phi) is 4.14. The Bertz CT molecular complexity index is 1000. The molecular formula is C24H17F. The molecule has 25 heavy (non-hydrogen) atoms. The van der Waals surface area contributed by atoms with Crippen molar-refractivity contribution in [3.05, 3.63) is 109 Å². The van der Waals surface area contributed by atoms with Gasteiger partial charge in [-0.25, -0.2) is 4.39 Å². The highest BCUT2D eigenvalue weighted by Gasteiger charge is 2.13. The second kappa shape index (κ2) is 6.74. The fourth-order valence-electron chi connectivity index (χ4n) is 3.22. The molecule has 0 N–H and O–H groups in total. The predicted molar refractivity (Wildman–Crippen MR) is 103 cm³/mol. The summed E-state index contributed by atoms with van der Waals surface area (Å²) in [5, 5.41) is 0. The predicted octanol–water partition coefficient (Wildman–Crippen LogP) is 6.83. The molecule has 0 fully saturated rings. The molecule has 0 radical (unpaired) electrons. The third kappa shape index (κ3) is 2.97. The monoisotopic (exact) mass is 324 g/mol. The zero-order chi connectivity index (χ0) is 17.1. The highest BCUT2D eigenvalue weighted by atomic mass is 19.1. The van der Waals surface area contributed by atoms with Crippen LogP contribution in [-0.4, -0.2) is 0 Å². The Morgan fingerprint density at radius 2 is 0.760 bits per heavy atom. The van der Waals surface area contributed by atoms with Gasteiger partial charge >= 0.3 is 0 Å². The number of hydrogen-bond donors (Lipinski definition) is 0. The van der Waals surface area contributed by atoms with Crippen LogP contribution in [0.15, 0.2) is 103 Å². The zero-order valence-electron chi connectivity index (χ0n) is 13.7. The van der Waals surface area contributed by atoms with Gasteiger partial charge in [-0.05, 0) is 33.9 Å². The number of benzene rings is 4. The van der Waals surface area contributed by atoms with E-state index in [4.69, 9.17) is 0 Å². The lowest BCUT2D eigenvalue weighted by atomic mass is 9.89. The molecular weight excluding hydrogens is 307 g/mol. The molecule has 0 bridgehead atoms. The summed E-state index contributed by atoms with van der Waals surface area (Å²) in [6.07, 6.45) is 0. The van der Waals surface area contributed by atoms with Crippen LogP contribution in [0.3, 0.4) is 0 Å². The molecule has 0 saturated heterocycles. The first-order chi connectivity index (χ1) is 12.3. The Balaban J connectivity index is 1.95. The van der Waals surface area contributed by atoms with Gasteiger partial charge in [0.1, 0.15) is 5.82 Å². The highest BCUT2D eigenvalue weighted by Crippen LogP contribution is 2.38. The molecule has 0 amide bonds. The maximum absolute atomic E-state index is 14.4. The van der Waals surface area contributed by atoms with Crippen molar-refractivity contribution in [2.45, 2.75) is 0 Å². The summed E-state index contributed by atoms with van der Waals surface area (Å²) in [5.74, 6) is -0.202. The van der Waals surface area contributed by atoms with Crippen LogP contribution >= 0.6 is 0 Å². The lowest BCUT2D eigenvalue weighted by Gasteiger charge is -2.15. The molecule has 4 aromatic carbocycles. The van der Waals surface area contributed by atoms with Gasteiger partial charge in [0.2, 0.25) is 0 Å². The van der Waals surface area contributed by atoms with Crippen LogP contribution in [0, 0.1) is 5.82 Å². The summed E-state index contributed by atoms with van der Waals surface area (Å²) in [7, 11) is 0. The van der Waals surface area contributed by atoms with E-state index in [1.54, 1.807) is 6.07 Å². The molecule has 0 unspecified atom stereocenters. The molecule has 0 aliphatic rings. The van der Waals surface area contributed by atoms with Gasteiger partial charge in [-0.3, -0.25) is 0 Å². The number of halogens is 1. The van der Waals surface area contributed by atoms with Crippen molar-refractivity contribution in [1.29, 1.82) is 0 Å². The molecule has 0 aromatic heterocycles. The van der Waals surface area contributed by atoms with Gasteiger partial charge in [-0.15, -0.1) is 0 Å². The van der Waals surface area contributed by atoms with Crippen LogP contribution in [-0.2, 0) is 0 Å². The van der Waals surface area contributed by atoms with E-state index in [1.165, 1.54) is 6.07 Å². The summed E-state index contributed by atoms with van der Waals surface area (Å²) in [6, 6.07) is 33.5. The summed E-state index contributed by atoms with van der Waals surface area (Å²) in [4.78, 5) is 0. The average Bonchev–Trinajstić information content (AvgIpc) is 2.69. The number of hydrogen-bond acceptors (Lipinski definition) is 0. The SMILES string of the molecule is Fc1ccccc1-c1ccccc1-c1ccccc1-c1ccccc1. The maximum Gasteiger partial charge on any atom is 0.131 e. The normalized spacial score (nSPS) is 10.6. The lowest BCUT2D eigenvalue weighted by Crippen LogP contribution is -1.90. The van der Waals surface area contributed by atoms with Crippen LogP contribution in [0.25, 0.3) is 33.4 Å². The van der Waals surface area contributed by atoms with E-state index >= 15 is 0 Å². The fraction of sp³-hybridized carbons (Fsp3) is 0. The van der Waals surface area contributed by atoms with Crippen LogP contribution in [0.1, 0.15) is 0 Å². The first-order valence-corrected chi connectivity index (χ1v) is 8.33. The summed E-state index contributed by atoms with van der Waals surface area (Å²) in [6.45, 7) is 0. The minimum absolute atomic E-state index is 0.202. The van der Waals surface area contributed by atoms with Crippen LogP contribution < -0.4 is 0 Å². The molecule has 0 nitrogen and oxygen atoms in total. The molecule has 1 heteroatoms. The molecule has 0 aliphatic heterocycles. The van der Waals surface area contributed by atoms with E-state index in [0.717, 1.165) is 27.8 Å². The second-order valence-corrected chi connectivity index (χ2v) is 5.94. The maximum atomic E-state index is 14.4. The van der Waals surface area contributed by atoms with Crippen molar-refractivity contribution >= 4 is 0 Å². The van der Waals surface area contributed by atoms with Gasteiger partial charge in [0.25, 0.3) is 0 Å². The highest BCUT2D eigenvalue weighted by molar-refractivity contribution is 5.91. The van der Waals surface area contributed by atoms with E-state index < -0.39 is 0 Å². The van der Waals surface area contributed by atoms with Crippen LogP contribution in [0.4, 0.5) is 4.39 Å². The molecule has 4 rings (SSSR count). The van der Waals surface area contributed by atoms with E-state index in [1.807, 2.05) is 60.7 Å². The van der Waals surface area contributed by atoms with Crippen molar-refractivity contribution in [3.63, 3.8) is 0 Å². The first-order valence-electron chi connectivity index (χ1n) is 8.33. The molecule has 120 valence electrons. The van der Waals surface area contributed by atoms with Gasteiger partial charge in [0, 0.05) is 5.56 Å². The standard InChI is InChI=1S/C24H17F/c25-24-17-9-8-16-23(24)22-15-7-6-14-21(22)20-13-5-4-12-19(20)18-10-2-1-3-11-18/h1-17H. The van der Waals surface area contributed by atoms with E-state index in [2.05, 4.69) is 30.3 Å². The zero-order valence-corrected chi connectivity index (χ0v) is 13.7. The summed E-state index contributed by atoms with van der Waals surface area (Å²) >= 11 is 0. The average molecular weight is 324 g/mol. The quantitative estimate of drug-likeness (QED) is 0.387. The van der Waals surface area contributed by atoms with Crippen molar-refractivity contribution in [1.82, 2.24) is 0 Å².